The summed E-state index contributed by atoms with van der Waals surface area (Å²) in [6.45, 7) is 1.16. The van der Waals surface area contributed by atoms with Gasteiger partial charge in [0.1, 0.15) is 5.75 Å². The van der Waals surface area contributed by atoms with Crippen LogP contribution in [-0.4, -0.2) is 47.8 Å². The molecule has 1 N–H and O–H groups in total. The molecule has 0 fully saturated rings. The molecule has 1 aromatic carbocycles. The summed E-state index contributed by atoms with van der Waals surface area (Å²) in [5.74, 6) is 1.97. The SMILES string of the molecule is COCCNS(=O)(=O)CCCOc1ccc2c(c1)OCO2. The van der Waals surface area contributed by atoms with E-state index in [9.17, 15) is 8.42 Å². The number of nitrogens with one attached hydrogen (secondary N) is 1. The van der Waals surface area contributed by atoms with Crippen LogP contribution in [0.25, 0.3) is 0 Å². The summed E-state index contributed by atoms with van der Waals surface area (Å²) in [4.78, 5) is 0. The molecule has 1 aliphatic heterocycles. The van der Waals surface area contributed by atoms with Crippen molar-refractivity contribution in [3.8, 4) is 17.2 Å². The molecule has 0 amide bonds. The van der Waals surface area contributed by atoms with Crippen molar-refractivity contribution >= 4 is 10.0 Å². The second-order valence-electron chi connectivity index (χ2n) is 4.42. The lowest BCUT2D eigenvalue weighted by Gasteiger charge is -2.08. The van der Waals surface area contributed by atoms with E-state index in [1.807, 2.05) is 0 Å². The van der Waals surface area contributed by atoms with E-state index in [4.69, 9.17) is 18.9 Å². The summed E-state index contributed by atoms with van der Waals surface area (Å²) in [5, 5.41) is 0. The lowest BCUT2D eigenvalue weighted by molar-refractivity contribution is 0.173. The Morgan fingerprint density at radius 1 is 1.24 bits per heavy atom. The van der Waals surface area contributed by atoms with Crippen LogP contribution in [0, 0.1) is 0 Å². The quantitative estimate of drug-likeness (QED) is 0.677. The maximum Gasteiger partial charge on any atom is 0.231 e. The molecule has 1 aliphatic rings. The Hall–Kier alpha value is -1.51. The van der Waals surface area contributed by atoms with Crippen molar-refractivity contribution in [2.75, 3.05) is 39.4 Å². The molecule has 8 heteroatoms. The first-order valence-electron chi connectivity index (χ1n) is 6.59. The number of fused-ring (bicyclic) bond motifs is 1. The van der Waals surface area contributed by atoms with Crippen molar-refractivity contribution in [3.05, 3.63) is 18.2 Å². The Kier molecular flexibility index (Phi) is 5.66. The number of hydrogen-bond donors (Lipinski definition) is 1. The Bertz CT molecular complexity index is 560. The van der Waals surface area contributed by atoms with E-state index in [1.165, 1.54) is 7.11 Å². The smallest absolute Gasteiger partial charge is 0.231 e. The van der Waals surface area contributed by atoms with Gasteiger partial charge in [0.25, 0.3) is 0 Å². The topological polar surface area (TPSA) is 83.1 Å². The molecule has 118 valence electrons. The fraction of sp³-hybridized carbons (Fsp3) is 0.538. The van der Waals surface area contributed by atoms with E-state index in [-0.39, 0.29) is 19.1 Å². The van der Waals surface area contributed by atoms with Gasteiger partial charge in [-0.2, -0.15) is 0 Å². The van der Waals surface area contributed by atoms with Crippen LogP contribution in [0.2, 0.25) is 0 Å². The summed E-state index contributed by atoms with van der Waals surface area (Å²) < 4.78 is 46.4. The minimum Gasteiger partial charge on any atom is -0.493 e. The van der Waals surface area contributed by atoms with Gasteiger partial charge in [0.2, 0.25) is 16.8 Å². The second-order valence-corrected chi connectivity index (χ2v) is 6.35. The van der Waals surface area contributed by atoms with Crippen molar-refractivity contribution in [1.29, 1.82) is 0 Å². The molecule has 0 aliphatic carbocycles. The third-order valence-corrected chi connectivity index (χ3v) is 4.27. The van der Waals surface area contributed by atoms with Gasteiger partial charge in [-0.15, -0.1) is 0 Å². The molecule has 7 nitrogen and oxygen atoms in total. The maximum atomic E-state index is 11.6. The summed E-state index contributed by atoms with van der Waals surface area (Å²) in [6.07, 6.45) is 0.400. The van der Waals surface area contributed by atoms with E-state index in [2.05, 4.69) is 4.72 Å². The van der Waals surface area contributed by atoms with E-state index in [0.29, 0.717) is 36.9 Å². The highest BCUT2D eigenvalue weighted by molar-refractivity contribution is 7.89. The lowest BCUT2D eigenvalue weighted by Crippen LogP contribution is -2.30. The van der Waals surface area contributed by atoms with Gasteiger partial charge in [0.15, 0.2) is 11.5 Å². The zero-order chi connectivity index (χ0) is 15.1. The summed E-state index contributed by atoms with van der Waals surface area (Å²) >= 11 is 0. The van der Waals surface area contributed by atoms with E-state index in [1.54, 1.807) is 18.2 Å². The van der Waals surface area contributed by atoms with Crippen molar-refractivity contribution in [3.63, 3.8) is 0 Å². The zero-order valence-electron chi connectivity index (χ0n) is 11.8. The van der Waals surface area contributed by atoms with Crippen LogP contribution in [0.5, 0.6) is 17.2 Å². The molecule has 0 saturated carbocycles. The minimum absolute atomic E-state index is 0.0151. The molecular formula is C13H19NO6S. The third kappa shape index (κ3) is 5.07. The standard InChI is InChI=1S/C13H19NO6S/c1-17-7-5-14-21(15,16)8-2-6-18-11-3-4-12-13(9-11)20-10-19-12/h3-4,9,14H,2,5-8,10H2,1H3. The van der Waals surface area contributed by atoms with Gasteiger partial charge in [-0.3, -0.25) is 0 Å². The van der Waals surface area contributed by atoms with Gasteiger partial charge < -0.3 is 18.9 Å². The van der Waals surface area contributed by atoms with Crippen LogP contribution in [0.3, 0.4) is 0 Å². The van der Waals surface area contributed by atoms with Crippen molar-refractivity contribution < 1.29 is 27.4 Å². The molecule has 0 spiro atoms. The molecule has 2 rings (SSSR count). The fourth-order valence-corrected chi connectivity index (χ4v) is 2.81. The lowest BCUT2D eigenvalue weighted by atomic mass is 10.3. The highest BCUT2D eigenvalue weighted by atomic mass is 32.2. The van der Waals surface area contributed by atoms with E-state index >= 15 is 0 Å². The molecule has 0 bridgehead atoms. The van der Waals surface area contributed by atoms with E-state index < -0.39 is 10.0 Å². The number of ether oxygens (including phenoxy) is 4. The average molecular weight is 317 g/mol. The predicted octanol–water partition coefficient (Wildman–Crippen LogP) is 0.750. The largest absolute Gasteiger partial charge is 0.493 e. The molecule has 0 unspecified atom stereocenters. The van der Waals surface area contributed by atoms with Crippen LogP contribution in [0.1, 0.15) is 6.42 Å². The van der Waals surface area contributed by atoms with Gasteiger partial charge in [-0.05, 0) is 18.6 Å². The Morgan fingerprint density at radius 3 is 2.86 bits per heavy atom. The van der Waals surface area contributed by atoms with Crippen molar-refractivity contribution in [2.45, 2.75) is 6.42 Å². The first-order valence-corrected chi connectivity index (χ1v) is 8.25. The fourth-order valence-electron chi connectivity index (χ4n) is 1.78. The minimum atomic E-state index is -3.27. The van der Waals surface area contributed by atoms with Crippen molar-refractivity contribution in [2.24, 2.45) is 0 Å². The molecule has 1 aromatic rings. The summed E-state index contributed by atoms with van der Waals surface area (Å²) in [5.41, 5.74) is 0. The molecule has 0 atom stereocenters. The van der Waals surface area contributed by atoms with Crippen LogP contribution in [0.15, 0.2) is 18.2 Å². The van der Waals surface area contributed by atoms with Crippen LogP contribution >= 0.6 is 0 Å². The number of hydrogen-bond acceptors (Lipinski definition) is 6. The van der Waals surface area contributed by atoms with Crippen LogP contribution < -0.4 is 18.9 Å². The first-order chi connectivity index (χ1) is 10.1. The number of benzene rings is 1. The number of sulfonamides is 1. The highest BCUT2D eigenvalue weighted by Gasteiger charge is 2.14. The molecule has 21 heavy (non-hydrogen) atoms. The van der Waals surface area contributed by atoms with Gasteiger partial charge in [-0.1, -0.05) is 0 Å². The van der Waals surface area contributed by atoms with Gasteiger partial charge in [0.05, 0.1) is 19.0 Å². The highest BCUT2D eigenvalue weighted by Crippen LogP contribution is 2.35. The Labute approximate surface area is 124 Å². The Balaban J connectivity index is 1.70. The summed E-state index contributed by atoms with van der Waals surface area (Å²) in [7, 11) is -1.75. The van der Waals surface area contributed by atoms with Crippen molar-refractivity contribution in [1.82, 2.24) is 4.72 Å². The predicted molar refractivity (Wildman–Crippen MR) is 76.3 cm³/mol. The van der Waals surface area contributed by atoms with Crippen LogP contribution in [0.4, 0.5) is 0 Å². The molecule has 1 heterocycles. The normalized spacial score (nSPS) is 13.4. The Morgan fingerprint density at radius 2 is 2.05 bits per heavy atom. The monoisotopic (exact) mass is 317 g/mol. The molecule has 0 radical (unpaired) electrons. The number of methoxy groups -OCH3 is 1. The molecule has 0 aromatic heterocycles. The van der Waals surface area contributed by atoms with Crippen LogP contribution in [-0.2, 0) is 14.8 Å². The number of rotatable bonds is 9. The van der Waals surface area contributed by atoms with E-state index in [0.717, 1.165) is 0 Å². The van der Waals surface area contributed by atoms with Gasteiger partial charge >= 0.3 is 0 Å². The average Bonchev–Trinajstić information content (AvgIpc) is 2.91. The van der Waals surface area contributed by atoms with Gasteiger partial charge in [0, 0.05) is 19.7 Å². The molecule has 0 saturated heterocycles. The molecular weight excluding hydrogens is 298 g/mol. The third-order valence-electron chi connectivity index (χ3n) is 2.80. The second kappa shape index (κ2) is 7.48. The first kappa shape index (κ1) is 15.9. The summed E-state index contributed by atoms with van der Waals surface area (Å²) in [6, 6.07) is 5.26. The zero-order valence-corrected chi connectivity index (χ0v) is 12.6. The maximum absolute atomic E-state index is 11.6. The van der Waals surface area contributed by atoms with Gasteiger partial charge in [-0.25, -0.2) is 13.1 Å².